The first-order valence-electron chi connectivity index (χ1n) is 8.47. The van der Waals surface area contributed by atoms with Gasteiger partial charge in [0.05, 0.1) is 13.2 Å². The number of nitrogens with zero attached hydrogens (tertiary/aromatic N) is 1. The van der Waals surface area contributed by atoms with Crippen LogP contribution in [0.3, 0.4) is 0 Å². The zero-order chi connectivity index (χ0) is 17.1. The molecule has 25 heavy (non-hydrogen) atoms. The third-order valence-electron chi connectivity index (χ3n) is 4.39. The summed E-state index contributed by atoms with van der Waals surface area (Å²) in [4.78, 5) is 14.7. The van der Waals surface area contributed by atoms with Crippen molar-refractivity contribution >= 4 is 23.4 Å². The number of morpholine rings is 1. The molecule has 2 aromatic carbocycles. The van der Waals surface area contributed by atoms with Gasteiger partial charge in [-0.3, -0.25) is 4.79 Å². The van der Waals surface area contributed by atoms with E-state index < -0.39 is 6.10 Å². The highest BCUT2D eigenvalue weighted by atomic mass is 16.5. The minimum atomic E-state index is -0.617. The summed E-state index contributed by atoms with van der Waals surface area (Å²) in [5.41, 5.74) is 2.89. The fourth-order valence-corrected chi connectivity index (χ4v) is 3.02. The number of carbonyl (C=O) groups excluding carboxylic acids is 1. The number of anilines is 2. The lowest BCUT2D eigenvalue weighted by atomic mass is 10.1. The minimum absolute atomic E-state index is 0.176. The molecule has 2 aliphatic rings. The van der Waals surface area contributed by atoms with E-state index in [0.29, 0.717) is 0 Å². The number of para-hydroxylation sites is 1. The standard InChI is InChI=1S/C20H20N2O3/c23-20(19-10-5-15-3-1-2-4-18(15)25-19)21-16-6-8-17(9-7-16)22-11-13-24-14-12-22/h1-10,19H,11-14H2,(H,21,23). The van der Waals surface area contributed by atoms with E-state index in [9.17, 15) is 4.79 Å². The summed E-state index contributed by atoms with van der Waals surface area (Å²) in [6.45, 7) is 3.30. The van der Waals surface area contributed by atoms with Crippen LogP contribution in [0, 0.1) is 0 Å². The largest absolute Gasteiger partial charge is 0.476 e. The van der Waals surface area contributed by atoms with E-state index in [4.69, 9.17) is 9.47 Å². The van der Waals surface area contributed by atoms with E-state index in [1.807, 2.05) is 54.6 Å². The Morgan fingerprint density at radius 3 is 2.60 bits per heavy atom. The molecule has 5 nitrogen and oxygen atoms in total. The van der Waals surface area contributed by atoms with Gasteiger partial charge in [-0.1, -0.05) is 24.3 Å². The molecule has 1 amide bonds. The number of carbonyl (C=O) groups is 1. The van der Waals surface area contributed by atoms with Crippen molar-refractivity contribution in [3.8, 4) is 5.75 Å². The van der Waals surface area contributed by atoms with Crippen molar-refractivity contribution in [3.63, 3.8) is 0 Å². The molecular weight excluding hydrogens is 316 g/mol. The number of benzene rings is 2. The van der Waals surface area contributed by atoms with Gasteiger partial charge in [-0.2, -0.15) is 0 Å². The molecule has 4 rings (SSSR count). The van der Waals surface area contributed by atoms with Crippen LogP contribution in [0.1, 0.15) is 5.56 Å². The van der Waals surface area contributed by atoms with Gasteiger partial charge < -0.3 is 19.7 Å². The Labute approximate surface area is 146 Å². The smallest absolute Gasteiger partial charge is 0.269 e. The number of fused-ring (bicyclic) bond motifs is 1. The van der Waals surface area contributed by atoms with Crippen LogP contribution >= 0.6 is 0 Å². The molecule has 5 heteroatoms. The lowest BCUT2D eigenvalue weighted by Gasteiger charge is -2.29. The third kappa shape index (κ3) is 3.51. The van der Waals surface area contributed by atoms with Crippen LogP contribution in [0.4, 0.5) is 11.4 Å². The van der Waals surface area contributed by atoms with Crippen LogP contribution < -0.4 is 15.0 Å². The highest BCUT2D eigenvalue weighted by Gasteiger charge is 2.21. The van der Waals surface area contributed by atoms with Crippen molar-refractivity contribution in [2.75, 3.05) is 36.5 Å². The van der Waals surface area contributed by atoms with Crippen molar-refractivity contribution in [3.05, 3.63) is 60.2 Å². The van der Waals surface area contributed by atoms with Gasteiger partial charge in [0.2, 0.25) is 0 Å². The topological polar surface area (TPSA) is 50.8 Å². The van der Waals surface area contributed by atoms with Crippen LogP contribution in [0.5, 0.6) is 5.75 Å². The van der Waals surface area contributed by atoms with Gasteiger partial charge >= 0.3 is 0 Å². The van der Waals surface area contributed by atoms with E-state index in [0.717, 1.165) is 49.0 Å². The molecule has 1 unspecified atom stereocenters. The summed E-state index contributed by atoms with van der Waals surface area (Å²) in [7, 11) is 0. The number of hydrogen-bond acceptors (Lipinski definition) is 4. The van der Waals surface area contributed by atoms with E-state index in [1.165, 1.54) is 0 Å². The molecule has 0 saturated carbocycles. The Morgan fingerprint density at radius 1 is 1.04 bits per heavy atom. The fourth-order valence-electron chi connectivity index (χ4n) is 3.02. The maximum atomic E-state index is 12.4. The van der Waals surface area contributed by atoms with Gasteiger partial charge in [-0.25, -0.2) is 0 Å². The summed E-state index contributed by atoms with van der Waals surface area (Å²) < 4.78 is 11.1. The monoisotopic (exact) mass is 336 g/mol. The van der Waals surface area contributed by atoms with Gasteiger partial charge in [0, 0.05) is 30.0 Å². The zero-order valence-electron chi connectivity index (χ0n) is 13.9. The first kappa shape index (κ1) is 15.7. The summed E-state index contributed by atoms with van der Waals surface area (Å²) in [6, 6.07) is 15.6. The van der Waals surface area contributed by atoms with Gasteiger partial charge in [-0.05, 0) is 36.4 Å². The number of ether oxygens (including phenoxy) is 2. The minimum Gasteiger partial charge on any atom is -0.476 e. The fraction of sp³-hybridized carbons (Fsp3) is 0.250. The highest BCUT2D eigenvalue weighted by Crippen LogP contribution is 2.26. The molecule has 0 radical (unpaired) electrons. The Kier molecular flexibility index (Phi) is 4.39. The predicted octanol–water partition coefficient (Wildman–Crippen LogP) is 2.94. The average Bonchev–Trinajstić information content (AvgIpc) is 2.69. The molecule has 128 valence electrons. The second-order valence-corrected chi connectivity index (χ2v) is 6.07. The lowest BCUT2D eigenvalue weighted by Crippen LogP contribution is -2.36. The molecule has 1 fully saturated rings. The van der Waals surface area contributed by atoms with Crippen LogP contribution in [0.15, 0.2) is 54.6 Å². The van der Waals surface area contributed by atoms with Gasteiger partial charge in [0.25, 0.3) is 5.91 Å². The number of amides is 1. The third-order valence-corrected chi connectivity index (χ3v) is 4.39. The summed E-state index contributed by atoms with van der Waals surface area (Å²) >= 11 is 0. The van der Waals surface area contributed by atoms with E-state index in [-0.39, 0.29) is 5.91 Å². The average molecular weight is 336 g/mol. The Balaban J connectivity index is 1.40. The first-order valence-corrected chi connectivity index (χ1v) is 8.47. The molecule has 1 N–H and O–H groups in total. The van der Waals surface area contributed by atoms with Gasteiger partial charge in [-0.15, -0.1) is 0 Å². The predicted molar refractivity (Wildman–Crippen MR) is 98.0 cm³/mol. The van der Waals surface area contributed by atoms with Crippen molar-refractivity contribution in [1.82, 2.24) is 0 Å². The molecular formula is C20H20N2O3. The summed E-state index contributed by atoms with van der Waals surface area (Å²) in [5.74, 6) is 0.553. The second-order valence-electron chi connectivity index (χ2n) is 6.07. The van der Waals surface area contributed by atoms with Crippen LogP contribution in [0.2, 0.25) is 0 Å². The van der Waals surface area contributed by atoms with E-state index in [1.54, 1.807) is 6.08 Å². The molecule has 1 saturated heterocycles. The van der Waals surface area contributed by atoms with Gasteiger partial charge in [0.15, 0.2) is 6.10 Å². The van der Waals surface area contributed by atoms with Crippen LogP contribution in [-0.2, 0) is 9.53 Å². The lowest BCUT2D eigenvalue weighted by molar-refractivity contribution is -0.120. The molecule has 0 aromatic heterocycles. The second kappa shape index (κ2) is 6.99. The zero-order valence-corrected chi connectivity index (χ0v) is 13.9. The maximum absolute atomic E-state index is 12.4. The molecule has 0 bridgehead atoms. The quantitative estimate of drug-likeness (QED) is 0.936. The Morgan fingerprint density at radius 2 is 1.80 bits per heavy atom. The number of nitrogens with one attached hydrogen (secondary N) is 1. The summed E-state index contributed by atoms with van der Waals surface area (Å²) in [5, 5.41) is 2.91. The molecule has 2 heterocycles. The molecule has 2 aromatic rings. The van der Waals surface area contributed by atoms with Gasteiger partial charge in [0.1, 0.15) is 5.75 Å². The van der Waals surface area contributed by atoms with Crippen molar-refractivity contribution in [2.45, 2.75) is 6.10 Å². The van der Waals surface area contributed by atoms with E-state index in [2.05, 4.69) is 10.2 Å². The molecule has 0 aliphatic carbocycles. The molecule has 0 spiro atoms. The van der Waals surface area contributed by atoms with Crippen LogP contribution in [-0.4, -0.2) is 38.3 Å². The van der Waals surface area contributed by atoms with Crippen molar-refractivity contribution < 1.29 is 14.3 Å². The number of hydrogen-bond donors (Lipinski definition) is 1. The highest BCUT2D eigenvalue weighted by molar-refractivity contribution is 5.96. The summed E-state index contributed by atoms with van der Waals surface area (Å²) in [6.07, 6.45) is 3.08. The molecule has 1 atom stereocenters. The van der Waals surface area contributed by atoms with Crippen molar-refractivity contribution in [1.29, 1.82) is 0 Å². The molecule has 2 aliphatic heterocycles. The van der Waals surface area contributed by atoms with E-state index >= 15 is 0 Å². The normalized spacial score (nSPS) is 19.0. The maximum Gasteiger partial charge on any atom is 0.269 e. The van der Waals surface area contributed by atoms with Crippen LogP contribution in [0.25, 0.3) is 6.08 Å². The first-order chi connectivity index (χ1) is 12.3. The Hall–Kier alpha value is -2.79. The SMILES string of the molecule is O=C(Nc1ccc(N2CCOCC2)cc1)C1C=Cc2ccccc2O1. The number of rotatable bonds is 3. The Bertz CT molecular complexity index is 780. The van der Waals surface area contributed by atoms with Crippen molar-refractivity contribution in [2.24, 2.45) is 0 Å².